The van der Waals surface area contributed by atoms with Gasteiger partial charge in [-0.2, -0.15) is 0 Å². The number of carbonyl (C=O) groups is 2. The zero-order valence-corrected chi connectivity index (χ0v) is 30.1. The lowest BCUT2D eigenvalue weighted by Gasteiger charge is -2.35. The first-order chi connectivity index (χ1) is 23.8. The monoisotopic (exact) mass is 717 g/mol. The first kappa shape index (κ1) is 38.4. The molecule has 1 fully saturated rings. The molecule has 0 radical (unpaired) electrons. The number of nitrogens with zero attached hydrogens (tertiary/aromatic N) is 5. The minimum Gasteiger partial charge on any atom is -0.379 e. The predicted molar refractivity (Wildman–Crippen MR) is 194 cm³/mol. The molecule has 14 nitrogen and oxygen atoms in total. The number of para-hydroxylation sites is 1. The summed E-state index contributed by atoms with van der Waals surface area (Å²) in [6, 6.07) is 7.34. The number of benzene rings is 1. The van der Waals surface area contributed by atoms with Gasteiger partial charge < -0.3 is 40.4 Å². The van der Waals surface area contributed by atoms with Crippen molar-refractivity contribution in [1.82, 2.24) is 30.5 Å². The number of aryl methyl sites for hydroxylation is 2. The molecule has 49 heavy (non-hydrogen) atoms. The van der Waals surface area contributed by atoms with Gasteiger partial charge in [0.25, 0.3) is 5.91 Å². The summed E-state index contributed by atoms with van der Waals surface area (Å²) in [4.78, 5) is 43.6. The van der Waals surface area contributed by atoms with Crippen molar-refractivity contribution in [1.29, 1.82) is 0 Å². The van der Waals surface area contributed by atoms with Gasteiger partial charge in [0.2, 0.25) is 5.91 Å². The Morgan fingerprint density at radius 3 is 2.33 bits per heavy atom. The molecule has 16 heteroatoms. The molecule has 3 aromatic rings. The van der Waals surface area contributed by atoms with E-state index >= 15 is 0 Å². The van der Waals surface area contributed by atoms with Gasteiger partial charge in [-0.05, 0) is 51.9 Å². The predicted octanol–water partition coefficient (Wildman–Crippen LogP) is 3.49. The molecule has 2 amide bonds. The molecule has 1 saturated heterocycles. The number of anilines is 4. The van der Waals surface area contributed by atoms with Crippen LogP contribution < -0.4 is 26.2 Å². The highest BCUT2D eigenvalue weighted by molar-refractivity contribution is 7.17. The number of halogens is 1. The molecule has 0 spiro atoms. The van der Waals surface area contributed by atoms with E-state index in [2.05, 4.69) is 46.0 Å². The third-order valence-electron chi connectivity index (χ3n) is 7.56. The smallest absolute Gasteiger partial charge is 0.267 e. The number of piperazine rings is 1. The maximum absolute atomic E-state index is 12.9. The van der Waals surface area contributed by atoms with Gasteiger partial charge in [0.15, 0.2) is 5.13 Å². The molecule has 3 heterocycles. The van der Waals surface area contributed by atoms with Gasteiger partial charge in [-0.15, -0.1) is 0 Å². The lowest BCUT2D eigenvalue weighted by Crippen LogP contribution is -2.49. The number of amides is 2. The summed E-state index contributed by atoms with van der Waals surface area (Å²) in [6.45, 7) is 12.0. The number of aromatic nitrogens is 3. The van der Waals surface area contributed by atoms with Crippen molar-refractivity contribution in [3.05, 3.63) is 51.7 Å². The van der Waals surface area contributed by atoms with Crippen LogP contribution in [0.2, 0.25) is 5.02 Å². The van der Waals surface area contributed by atoms with Crippen LogP contribution >= 0.6 is 22.9 Å². The minimum absolute atomic E-state index is 0.00867. The van der Waals surface area contributed by atoms with Gasteiger partial charge in [-0.1, -0.05) is 35.1 Å². The fourth-order valence-corrected chi connectivity index (χ4v) is 5.97. The van der Waals surface area contributed by atoms with Crippen LogP contribution in [0.3, 0.4) is 0 Å². The third kappa shape index (κ3) is 13.4. The second-order valence-corrected chi connectivity index (χ2v) is 12.9. The Hall–Kier alpha value is -3.44. The molecule has 1 aliphatic rings. The highest BCUT2D eigenvalue weighted by atomic mass is 35.5. The number of hydrogen-bond acceptors (Lipinski definition) is 13. The summed E-state index contributed by atoms with van der Waals surface area (Å²) in [5, 5.41) is 13.2. The summed E-state index contributed by atoms with van der Waals surface area (Å²) in [5.41, 5.74) is 1.46. The molecule has 1 aromatic carbocycles. The Labute approximate surface area is 297 Å². The maximum atomic E-state index is 12.9. The number of thiazole rings is 1. The standard InChI is InChI=1S/C33H48ClN9O5S/c1-24-7-4-8-26(34)31(24)41-32(45)27-22-37-33(49-27)40-28-21-29(39-25(2)38-28)43-13-11-42(12-14-43)23-30(44)36-10-6-16-47-18-20-48-19-17-46-15-5-9-35-3/h4,7-8,21-22,35H,5-6,9-20,23H2,1-3H3,(H,36,44)(H,41,45)(H,37,38,39,40). The number of nitrogens with one attached hydrogen (secondary N) is 4. The highest BCUT2D eigenvalue weighted by Gasteiger charge is 2.21. The molecule has 4 N–H and O–H groups in total. The molecular formula is C33H48ClN9O5S. The quantitative estimate of drug-likeness (QED) is 0.119. The van der Waals surface area contributed by atoms with Crippen molar-refractivity contribution in [3.63, 3.8) is 0 Å². The van der Waals surface area contributed by atoms with Crippen molar-refractivity contribution in [2.75, 3.05) is 108 Å². The highest BCUT2D eigenvalue weighted by Crippen LogP contribution is 2.28. The van der Waals surface area contributed by atoms with Crippen LogP contribution in [0.5, 0.6) is 0 Å². The van der Waals surface area contributed by atoms with Gasteiger partial charge in [0.05, 0.1) is 49.9 Å². The van der Waals surface area contributed by atoms with Crippen LogP contribution in [0, 0.1) is 13.8 Å². The minimum atomic E-state index is -0.285. The molecule has 0 unspecified atom stereocenters. The van der Waals surface area contributed by atoms with Crippen molar-refractivity contribution < 1.29 is 23.8 Å². The first-order valence-corrected chi connectivity index (χ1v) is 17.8. The van der Waals surface area contributed by atoms with E-state index in [4.69, 9.17) is 25.8 Å². The molecule has 0 saturated carbocycles. The molecule has 2 aromatic heterocycles. The number of hydrogen-bond donors (Lipinski definition) is 4. The number of rotatable bonds is 21. The molecule has 0 bridgehead atoms. The molecular weight excluding hydrogens is 670 g/mol. The largest absolute Gasteiger partial charge is 0.379 e. The van der Waals surface area contributed by atoms with E-state index in [0.717, 1.165) is 63.6 Å². The van der Waals surface area contributed by atoms with Crippen LogP contribution in [0.15, 0.2) is 30.5 Å². The van der Waals surface area contributed by atoms with E-state index in [9.17, 15) is 9.59 Å². The Balaban J connectivity index is 1.11. The average Bonchev–Trinajstić information content (AvgIpc) is 3.55. The van der Waals surface area contributed by atoms with Crippen molar-refractivity contribution >= 4 is 57.2 Å². The van der Waals surface area contributed by atoms with E-state index in [-0.39, 0.29) is 11.8 Å². The lowest BCUT2D eigenvalue weighted by molar-refractivity contribution is -0.122. The molecule has 4 rings (SSSR count). The Bertz CT molecular complexity index is 1450. The van der Waals surface area contributed by atoms with Crippen molar-refractivity contribution in [3.8, 4) is 0 Å². The summed E-state index contributed by atoms with van der Waals surface area (Å²) in [6.07, 6.45) is 3.26. The third-order valence-corrected chi connectivity index (χ3v) is 8.79. The fourth-order valence-electron chi connectivity index (χ4n) is 4.98. The Morgan fingerprint density at radius 1 is 0.939 bits per heavy atom. The zero-order chi connectivity index (χ0) is 34.8. The molecule has 268 valence electrons. The van der Waals surface area contributed by atoms with Gasteiger partial charge >= 0.3 is 0 Å². The fraction of sp³-hybridized carbons (Fsp3) is 0.545. The van der Waals surface area contributed by atoms with Gasteiger partial charge in [0.1, 0.15) is 22.3 Å². The second-order valence-electron chi connectivity index (χ2n) is 11.5. The van der Waals surface area contributed by atoms with Crippen molar-refractivity contribution in [2.45, 2.75) is 26.7 Å². The topological polar surface area (TPSA) is 155 Å². The average molecular weight is 718 g/mol. The summed E-state index contributed by atoms with van der Waals surface area (Å²) in [7, 11) is 1.93. The summed E-state index contributed by atoms with van der Waals surface area (Å²) < 4.78 is 16.6. The zero-order valence-electron chi connectivity index (χ0n) is 28.6. The van der Waals surface area contributed by atoms with Gasteiger partial charge in [-0.3, -0.25) is 14.5 Å². The number of carbonyl (C=O) groups excluding carboxylic acids is 2. The Morgan fingerprint density at radius 2 is 1.63 bits per heavy atom. The Kier molecular flexibility index (Phi) is 16.4. The van der Waals surface area contributed by atoms with E-state index < -0.39 is 0 Å². The second kappa shape index (κ2) is 20.9. The lowest BCUT2D eigenvalue weighted by atomic mass is 10.2. The summed E-state index contributed by atoms with van der Waals surface area (Å²) in [5.74, 6) is 1.72. The molecule has 1 aliphatic heterocycles. The van der Waals surface area contributed by atoms with E-state index in [1.165, 1.54) is 17.5 Å². The van der Waals surface area contributed by atoms with Crippen LogP contribution in [-0.4, -0.2) is 124 Å². The SMILES string of the molecule is CNCCCOCCOCCOCCCNC(=O)CN1CCN(c2cc(Nc3ncc(C(=O)Nc4c(C)cccc4Cl)s3)nc(C)n2)CC1. The van der Waals surface area contributed by atoms with E-state index in [0.29, 0.717) is 78.5 Å². The van der Waals surface area contributed by atoms with E-state index in [1.807, 2.05) is 39.1 Å². The van der Waals surface area contributed by atoms with Crippen molar-refractivity contribution in [2.24, 2.45) is 0 Å². The van der Waals surface area contributed by atoms with Crippen LogP contribution in [-0.2, 0) is 19.0 Å². The van der Waals surface area contributed by atoms with Crippen LogP contribution in [0.25, 0.3) is 0 Å². The maximum Gasteiger partial charge on any atom is 0.267 e. The van der Waals surface area contributed by atoms with Crippen LogP contribution in [0.1, 0.15) is 33.9 Å². The molecule has 0 atom stereocenters. The normalized spacial score (nSPS) is 13.4. The van der Waals surface area contributed by atoms with Gasteiger partial charge in [-0.25, -0.2) is 15.0 Å². The van der Waals surface area contributed by atoms with Gasteiger partial charge in [0, 0.05) is 52.0 Å². The molecule has 0 aliphatic carbocycles. The van der Waals surface area contributed by atoms with E-state index in [1.54, 1.807) is 6.07 Å². The van der Waals surface area contributed by atoms with Crippen LogP contribution in [0.4, 0.5) is 22.5 Å². The number of ether oxygens (including phenoxy) is 3. The first-order valence-electron chi connectivity index (χ1n) is 16.6. The summed E-state index contributed by atoms with van der Waals surface area (Å²) >= 11 is 7.49.